The van der Waals surface area contributed by atoms with Gasteiger partial charge in [0.15, 0.2) is 0 Å². The second kappa shape index (κ2) is 8.51. The second-order valence-corrected chi connectivity index (χ2v) is 9.30. The van der Waals surface area contributed by atoms with Crippen LogP contribution < -0.4 is 0 Å². The maximum atomic E-state index is 2.36. The van der Waals surface area contributed by atoms with E-state index in [2.05, 4.69) is 109 Å². The molecule has 0 atom stereocenters. The summed E-state index contributed by atoms with van der Waals surface area (Å²) in [7, 11) is 0. The van der Waals surface area contributed by atoms with Gasteiger partial charge in [0.25, 0.3) is 0 Å². The van der Waals surface area contributed by atoms with E-state index >= 15 is 0 Å². The third kappa shape index (κ3) is 3.81. The third-order valence-electron chi connectivity index (χ3n) is 6.64. The van der Waals surface area contributed by atoms with Crippen LogP contribution in [0.5, 0.6) is 0 Å². The smallest absolute Gasteiger partial charge is 0.0212 e. The third-order valence-corrected chi connectivity index (χ3v) is 6.64. The van der Waals surface area contributed by atoms with Crippen molar-refractivity contribution in [2.75, 3.05) is 0 Å². The molecule has 0 heterocycles. The predicted octanol–water partition coefficient (Wildman–Crippen LogP) is 8.45. The molecular weight excluding hydrogens is 420 g/mol. The van der Waals surface area contributed by atoms with E-state index in [0.29, 0.717) is 0 Å². The molecule has 0 saturated heterocycles. The Bertz CT molecular complexity index is 1210. The molecule has 0 nitrogen and oxygen atoms in total. The minimum atomic E-state index is 0. The molecular formula is C31H29Ti. The van der Waals surface area contributed by atoms with Crippen molar-refractivity contribution in [3.05, 3.63) is 112 Å². The molecule has 157 valence electrons. The van der Waals surface area contributed by atoms with Crippen LogP contribution in [0.3, 0.4) is 0 Å². The average molecular weight is 449 g/mol. The molecule has 0 aliphatic heterocycles. The molecule has 32 heavy (non-hydrogen) atoms. The number of hydrogen-bond donors (Lipinski definition) is 0. The summed E-state index contributed by atoms with van der Waals surface area (Å²) in [6.07, 6.45) is 2.36. The molecule has 0 spiro atoms. The first-order valence-corrected chi connectivity index (χ1v) is 11.1. The van der Waals surface area contributed by atoms with E-state index in [-0.39, 0.29) is 21.7 Å². The fourth-order valence-electron chi connectivity index (χ4n) is 5.60. The van der Waals surface area contributed by atoms with Crippen molar-refractivity contribution in [3.8, 4) is 33.4 Å². The van der Waals surface area contributed by atoms with Crippen molar-refractivity contribution in [2.24, 2.45) is 0 Å². The van der Waals surface area contributed by atoms with Gasteiger partial charge in [0.1, 0.15) is 0 Å². The first-order chi connectivity index (χ1) is 14.8. The Labute approximate surface area is 207 Å². The number of aryl methyl sites for hydroxylation is 6. The summed E-state index contributed by atoms with van der Waals surface area (Å²) < 4.78 is 0. The number of fused-ring (bicyclic) bond motifs is 3. The van der Waals surface area contributed by atoms with Gasteiger partial charge in [-0.3, -0.25) is 0 Å². The summed E-state index contributed by atoms with van der Waals surface area (Å²) in [5.74, 6) is 0. The maximum absolute atomic E-state index is 2.36. The monoisotopic (exact) mass is 449 g/mol. The Morgan fingerprint density at radius 3 is 1.12 bits per heavy atom. The van der Waals surface area contributed by atoms with Gasteiger partial charge in [0.2, 0.25) is 0 Å². The van der Waals surface area contributed by atoms with Gasteiger partial charge in [0.05, 0.1) is 0 Å². The van der Waals surface area contributed by atoms with E-state index < -0.39 is 0 Å². The van der Waals surface area contributed by atoms with Gasteiger partial charge in [-0.05, 0) is 120 Å². The molecule has 4 aromatic rings. The van der Waals surface area contributed by atoms with E-state index in [1.807, 2.05) is 0 Å². The first-order valence-electron chi connectivity index (χ1n) is 11.1. The maximum Gasteiger partial charge on any atom is 0.0212 e. The Morgan fingerprint density at radius 1 is 0.438 bits per heavy atom. The summed E-state index contributed by atoms with van der Waals surface area (Å²) in [5.41, 5.74) is 18.7. The average Bonchev–Trinajstić information content (AvgIpc) is 3.03. The minimum absolute atomic E-state index is 0. The van der Waals surface area contributed by atoms with Crippen LogP contribution in [-0.4, -0.2) is 0 Å². The van der Waals surface area contributed by atoms with Gasteiger partial charge in [0, 0.05) is 28.1 Å². The molecule has 0 bridgehead atoms. The minimum Gasteiger partial charge on any atom is -0.0557 e. The predicted molar refractivity (Wildman–Crippen MR) is 134 cm³/mol. The molecule has 4 aromatic carbocycles. The van der Waals surface area contributed by atoms with E-state index in [4.69, 9.17) is 0 Å². The molecule has 0 N–H and O–H groups in total. The van der Waals surface area contributed by atoms with Gasteiger partial charge in [-0.2, -0.15) is 0 Å². The van der Waals surface area contributed by atoms with Crippen molar-refractivity contribution in [1.82, 2.24) is 0 Å². The topological polar surface area (TPSA) is 0 Å². The van der Waals surface area contributed by atoms with Gasteiger partial charge < -0.3 is 0 Å². The molecule has 1 aliphatic carbocycles. The Kier molecular flexibility index (Phi) is 6.05. The van der Waals surface area contributed by atoms with Crippen LogP contribution in [0.1, 0.15) is 44.5 Å². The van der Waals surface area contributed by atoms with Crippen LogP contribution in [-0.2, 0) is 21.7 Å². The number of hydrogen-bond acceptors (Lipinski definition) is 0. The summed E-state index contributed by atoms with van der Waals surface area (Å²) in [5, 5.41) is 0. The van der Waals surface area contributed by atoms with Crippen LogP contribution in [0, 0.1) is 48.0 Å². The molecule has 0 amide bonds. The Hall–Kier alpha value is -2.41. The zero-order valence-corrected chi connectivity index (χ0v) is 21.4. The van der Waals surface area contributed by atoms with E-state index in [1.165, 1.54) is 77.9 Å². The summed E-state index contributed by atoms with van der Waals surface area (Å²) in [4.78, 5) is 0. The van der Waals surface area contributed by atoms with Crippen LogP contribution in [0.25, 0.3) is 33.4 Å². The van der Waals surface area contributed by atoms with E-state index in [0.717, 1.165) is 0 Å². The largest absolute Gasteiger partial charge is 0.0557 e. The molecule has 0 unspecified atom stereocenters. The van der Waals surface area contributed by atoms with Crippen LogP contribution in [0.15, 0.2) is 60.7 Å². The van der Waals surface area contributed by atoms with Crippen molar-refractivity contribution >= 4 is 0 Å². The molecule has 5 rings (SSSR count). The number of benzene rings is 4. The van der Waals surface area contributed by atoms with Crippen molar-refractivity contribution in [2.45, 2.75) is 41.5 Å². The van der Waals surface area contributed by atoms with Crippen molar-refractivity contribution < 1.29 is 21.7 Å². The van der Waals surface area contributed by atoms with Crippen LogP contribution in [0.4, 0.5) is 0 Å². The van der Waals surface area contributed by atoms with Gasteiger partial charge in [-0.15, -0.1) is 0 Å². The van der Waals surface area contributed by atoms with Crippen molar-refractivity contribution in [1.29, 1.82) is 0 Å². The van der Waals surface area contributed by atoms with Gasteiger partial charge >= 0.3 is 0 Å². The zero-order valence-electron chi connectivity index (χ0n) is 19.9. The molecule has 1 heteroatoms. The quantitative estimate of drug-likeness (QED) is 0.237. The van der Waals surface area contributed by atoms with E-state index in [9.17, 15) is 0 Å². The molecule has 0 fully saturated rings. The zero-order chi connectivity index (χ0) is 21.9. The Morgan fingerprint density at radius 2 is 0.781 bits per heavy atom. The molecule has 1 radical (unpaired) electrons. The summed E-state index contributed by atoms with van der Waals surface area (Å²) in [6, 6.07) is 23.0. The Balaban J connectivity index is 0.00000245. The van der Waals surface area contributed by atoms with Gasteiger partial charge in [-0.25, -0.2) is 0 Å². The molecule has 0 saturated carbocycles. The number of rotatable bonds is 2. The first kappa shape index (κ1) is 22.8. The molecule has 0 aromatic heterocycles. The van der Waals surface area contributed by atoms with Gasteiger partial charge in [-0.1, -0.05) is 59.7 Å². The normalized spacial score (nSPS) is 11.7. The van der Waals surface area contributed by atoms with Crippen LogP contribution in [0.2, 0.25) is 0 Å². The van der Waals surface area contributed by atoms with Crippen molar-refractivity contribution in [3.63, 3.8) is 0 Å². The summed E-state index contributed by atoms with van der Waals surface area (Å²) in [6.45, 7) is 13.2. The standard InChI is InChI=1S/C31H29.Ti/c1-18-11-20(3)30(21(4)12-18)24-7-9-28-26(15-24)17-27-16-25(8-10-29(27)28)31-22(5)13-19(2)14-23(31)6;/h7-17H,1-6H3;. The fourth-order valence-corrected chi connectivity index (χ4v) is 5.60. The fraction of sp³-hybridized carbons (Fsp3) is 0.194. The van der Waals surface area contributed by atoms with E-state index in [1.54, 1.807) is 0 Å². The second-order valence-electron chi connectivity index (χ2n) is 9.30. The van der Waals surface area contributed by atoms with Crippen LogP contribution >= 0.6 is 0 Å². The molecule has 1 aliphatic rings. The SMILES string of the molecule is Cc1cc(C)c(-c2ccc3c(c2)[CH]c2cc(-c4c(C)cc(C)cc4C)ccc2-3)c(C)c1.[Ti]. The summed E-state index contributed by atoms with van der Waals surface area (Å²) >= 11 is 0.